The second-order valence-electron chi connectivity index (χ2n) is 4.48. The molecule has 0 spiro atoms. The fraction of sp³-hybridized carbons (Fsp3) is 0.267. The zero-order valence-corrected chi connectivity index (χ0v) is 10.9. The van der Waals surface area contributed by atoms with Crippen molar-refractivity contribution in [2.24, 2.45) is 0 Å². The first-order chi connectivity index (χ1) is 9.41. The van der Waals surface area contributed by atoms with Gasteiger partial charge in [-0.2, -0.15) is 13.2 Å². The van der Waals surface area contributed by atoms with Crippen molar-refractivity contribution in [2.75, 3.05) is 0 Å². The van der Waals surface area contributed by atoms with Crippen molar-refractivity contribution in [1.82, 2.24) is 4.98 Å². The third kappa shape index (κ3) is 3.17. The quantitative estimate of drug-likeness (QED) is 0.914. The van der Waals surface area contributed by atoms with E-state index < -0.39 is 17.8 Å². The number of nitrogens with zero attached hydrogens (tertiary/aromatic N) is 1. The maximum Gasteiger partial charge on any atom is 0.416 e. The lowest BCUT2D eigenvalue weighted by atomic mass is 10.1. The van der Waals surface area contributed by atoms with E-state index in [1.165, 1.54) is 12.1 Å². The van der Waals surface area contributed by atoms with Gasteiger partial charge in [0, 0.05) is 11.8 Å². The summed E-state index contributed by atoms with van der Waals surface area (Å²) in [4.78, 5) is 4.17. The van der Waals surface area contributed by atoms with E-state index in [4.69, 9.17) is 0 Å². The summed E-state index contributed by atoms with van der Waals surface area (Å²) in [6.45, 7) is 1.86. The number of aliphatic hydroxyl groups excluding tert-OH is 1. The van der Waals surface area contributed by atoms with Gasteiger partial charge in [0.05, 0.1) is 17.4 Å². The molecule has 0 aliphatic carbocycles. The van der Waals surface area contributed by atoms with Crippen molar-refractivity contribution in [3.05, 3.63) is 53.7 Å². The molecule has 106 valence electrons. The van der Waals surface area contributed by atoms with Crippen LogP contribution in [0.15, 0.2) is 42.6 Å². The van der Waals surface area contributed by atoms with Gasteiger partial charge < -0.3 is 5.11 Å². The Balaban J connectivity index is 2.24. The van der Waals surface area contributed by atoms with Gasteiger partial charge in [-0.3, -0.25) is 4.98 Å². The van der Waals surface area contributed by atoms with Crippen LogP contribution in [0.2, 0.25) is 0 Å². The second-order valence-corrected chi connectivity index (χ2v) is 4.48. The van der Waals surface area contributed by atoms with Gasteiger partial charge in [-0.1, -0.05) is 25.1 Å². The Morgan fingerprint density at radius 3 is 2.20 bits per heavy atom. The largest absolute Gasteiger partial charge is 0.416 e. The number of aliphatic hydroxyl groups is 1. The van der Waals surface area contributed by atoms with Gasteiger partial charge in [0.15, 0.2) is 0 Å². The van der Waals surface area contributed by atoms with Crippen LogP contribution in [0.4, 0.5) is 13.2 Å². The first-order valence-electron chi connectivity index (χ1n) is 6.23. The van der Waals surface area contributed by atoms with Crippen LogP contribution in [-0.2, 0) is 6.18 Å². The van der Waals surface area contributed by atoms with Crippen molar-refractivity contribution in [2.45, 2.75) is 25.6 Å². The molecule has 0 saturated heterocycles. The molecule has 0 amide bonds. The molecule has 5 heteroatoms. The van der Waals surface area contributed by atoms with Gasteiger partial charge >= 0.3 is 6.18 Å². The molecule has 0 aliphatic heterocycles. The van der Waals surface area contributed by atoms with E-state index in [1.807, 2.05) is 6.92 Å². The maximum absolute atomic E-state index is 12.5. The lowest BCUT2D eigenvalue weighted by Crippen LogP contribution is -2.04. The minimum Gasteiger partial charge on any atom is -0.388 e. The van der Waals surface area contributed by atoms with E-state index in [2.05, 4.69) is 4.98 Å². The van der Waals surface area contributed by atoms with E-state index in [1.54, 1.807) is 18.3 Å². The zero-order chi connectivity index (χ0) is 14.8. The Morgan fingerprint density at radius 1 is 1.10 bits per heavy atom. The molecule has 0 unspecified atom stereocenters. The molecule has 0 radical (unpaired) electrons. The minimum atomic E-state index is -4.33. The molecule has 0 fully saturated rings. The summed E-state index contributed by atoms with van der Waals surface area (Å²) >= 11 is 0. The van der Waals surface area contributed by atoms with Crippen LogP contribution in [-0.4, -0.2) is 10.1 Å². The molecule has 1 heterocycles. The predicted octanol–water partition coefficient (Wildman–Crippen LogP) is 4.21. The minimum absolute atomic E-state index is 0.566. The van der Waals surface area contributed by atoms with E-state index in [0.717, 1.165) is 12.1 Å². The van der Waals surface area contributed by atoms with Crippen LogP contribution in [0.5, 0.6) is 0 Å². The molecule has 2 nitrogen and oxygen atoms in total. The second kappa shape index (κ2) is 5.63. The highest BCUT2D eigenvalue weighted by molar-refractivity contribution is 5.59. The van der Waals surface area contributed by atoms with Crippen LogP contribution in [0.25, 0.3) is 11.3 Å². The Labute approximate surface area is 114 Å². The first kappa shape index (κ1) is 14.5. The third-order valence-electron chi connectivity index (χ3n) is 3.07. The summed E-state index contributed by atoms with van der Waals surface area (Å²) in [6, 6.07) is 8.27. The highest BCUT2D eigenvalue weighted by Gasteiger charge is 2.29. The topological polar surface area (TPSA) is 33.1 Å². The molecule has 0 saturated carbocycles. The molecule has 1 atom stereocenters. The molecule has 1 aromatic carbocycles. The molecule has 0 aliphatic rings. The Morgan fingerprint density at radius 2 is 1.75 bits per heavy atom. The summed E-state index contributed by atoms with van der Waals surface area (Å²) in [7, 11) is 0. The average molecular weight is 281 g/mol. The molecule has 1 aromatic heterocycles. The fourth-order valence-electron chi connectivity index (χ4n) is 1.84. The summed E-state index contributed by atoms with van der Waals surface area (Å²) in [5, 5.41) is 9.65. The van der Waals surface area contributed by atoms with Crippen LogP contribution in [0, 0.1) is 0 Å². The third-order valence-corrected chi connectivity index (χ3v) is 3.07. The van der Waals surface area contributed by atoms with Gasteiger partial charge in [-0.05, 0) is 30.2 Å². The fourth-order valence-corrected chi connectivity index (χ4v) is 1.84. The molecule has 2 rings (SSSR count). The van der Waals surface area contributed by atoms with Crippen molar-refractivity contribution in [1.29, 1.82) is 0 Å². The monoisotopic (exact) mass is 281 g/mol. The van der Waals surface area contributed by atoms with Crippen LogP contribution in [0.1, 0.15) is 30.6 Å². The summed E-state index contributed by atoms with van der Waals surface area (Å²) in [5.41, 5.74) is 1.20. The molecule has 1 N–H and O–H groups in total. The lowest BCUT2D eigenvalue weighted by molar-refractivity contribution is -0.137. The number of hydrogen-bond acceptors (Lipinski definition) is 2. The number of alkyl halides is 3. The Bertz CT molecular complexity index is 561. The van der Waals surface area contributed by atoms with E-state index in [0.29, 0.717) is 23.2 Å². The number of halogens is 3. The normalized spacial score (nSPS) is 13.2. The standard InChI is InChI=1S/C15H14F3NO/c1-2-14(20)11-5-8-13(19-9-11)10-3-6-12(7-4-10)15(16,17)18/h3-9,14,20H,2H2,1H3/t14-/m0/s1. The van der Waals surface area contributed by atoms with Crippen molar-refractivity contribution < 1.29 is 18.3 Å². The highest BCUT2D eigenvalue weighted by Crippen LogP contribution is 2.30. The molecular formula is C15H14F3NO. The smallest absolute Gasteiger partial charge is 0.388 e. The zero-order valence-electron chi connectivity index (χ0n) is 10.9. The Kier molecular flexibility index (Phi) is 4.09. The summed E-state index contributed by atoms with van der Waals surface area (Å²) in [6.07, 6.45) is -2.77. The molecular weight excluding hydrogens is 267 g/mol. The van der Waals surface area contributed by atoms with Crippen molar-refractivity contribution in [3.63, 3.8) is 0 Å². The van der Waals surface area contributed by atoms with E-state index >= 15 is 0 Å². The molecule has 2 aromatic rings. The van der Waals surface area contributed by atoms with Gasteiger partial charge in [0.25, 0.3) is 0 Å². The highest BCUT2D eigenvalue weighted by atomic mass is 19.4. The maximum atomic E-state index is 12.5. The predicted molar refractivity (Wildman–Crippen MR) is 69.9 cm³/mol. The number of pyridine rings is 1. The number of rotatable bonds is 3. The van der Waals surface area contributed by atoms with Gasteiger partial charge in [-0.25, -0.2) is 0 Å². The van der Waals surface area contributed by atoms with Crippen LogP contribution < -0.4 is 0 Å². The SMILES string of the molecule is CC[C@H](O)c1ccc(-c2ccc(C(F)(F)F)cc2)nc1. The number of benzene rings is 1. The van der Waals surface area contributed by atoms with Crippen LogP contribution in [0.3, 0.4) is 0 Å². The lowest BCUT2D eigenvalue weighted by Gasteiger charge is -2.09. The molecule has 20 heavy (non-hydrogen) atoms. The van der Waals surface area contributed by atoms with E-state index in [-0.39, 0.29) is 0 Å². The Hall–Kier alpha value is -1.88. The van der Waals surface area contributed by atoms with Crippen molar-refractivity contribution in [3.8, 4) is 11.3 Å². The summed E-state index contributed by atoms with van der Waals surface area (Å²) in [5.74, 6) is 0. The molecule has 0 bridgehead atoms. The van der Waals surface area contributed by atoms with Crippen LogP contribution >= 0.6 is 0 Å². The van der Waals surface area contributed by atoms with E-state index in [9.17, 15) is 18.3 Å². The summed E-state index contributed by atoms with van der Waals surface area (Å²) < 4.78 is 37.4. The average Bonchev–Trinajstić information content (AvgIpc) is 2.46. The van der Waals surface area contributed by atoms with Gasteiger partial charge in [-0.15, -0.1) is 0 Å². The van der Waals surface area contributed by atoms with Crippen molar-refractivity contribution >= 4 is 0 Å². The number of hydrogen-bond donors (Lipinski definition) is 1. The first-order valence-corrected chi connectivity index (χ1v) is 6.23. The van der Waals surface area contributed by atoms with Gasteiger partial charge in [0.1, 0.15) is 0 Å². The number of aromatic nitrogens is 1. The van der Waals surface area contributed by atoms with Gasteiger partial charge in [0.2, 0.25) is 0 Å².